The second-order valence-electron chi connectivity index (χ2n) is 7.22. The number of aromatic nitrogens is 4. The molecule has 3 aromatic carbocycles. The fourth-order valence-electron chi connectivity index (χ4n) is 3.34. The minimum atomic E-state index is -0.290. The van der Waals surface area contributed by atoms with Gasteiger partial charge in [0.25, 0.3) is 0 Å². The van der Waals surface area contributed by atoms with Gasteiger partial charge in [-0.3, -0.25) is 0 Å². The van der Waals surface area contributed by atoms with Crippen molar-refractivity contribution in [3.8, 4) is 22.8 Å². The highest BCUT2D eigenvalue weighted by molar-refractivity contribution is 7.98. The van der Waals surface area contributed by atoms with Gasteiger partial charge in [-0.05, 0) is 60.5 Å². The zero-order valence-electron chi connectivity index (χ0n) is 17.3. The van der Waals surface area contributed by atoms with Crippen LogP contribution in [-0.2, 0) is 12.2 Å². The second kappa shape index (κ2) is 8.88. The van der Waals surface area contributed by atoms with Crippen LogP contribution in [0.3, 0.4) is 0 Å². The Balaban J connectivity index is 1.49. The van der Waals surface area contributed by atoms with Gasteiger partial charge in [-0.25, -0.2) is 14.4 Å². The van der Waals surface area contributed by atoms with E-state index in [2.05, 4.69) is 29.3 Å². The van der Waals surface area contributed by atoms with E-state index in [0.29, 0.717) is 23.4 Å². The summed E-state index contributed by atoms with van der Waals surface area (Å²) in [6.45, 7) is 2.12. The molecule has 0 spiro atoms. The molecular weight excluding hydrogens is 423 g/mol. The molecule has 0 unspecified atom stereocenters. The Morgan fingerprint density at radius 2 is 1.69 bits per heavy atom. The smallest absolute Gasteiger partial charge is 0.247 e. The number of halogens is 1. The first-order chi connectivity index (χ1) is 15.7. The van der Waals surface area contributed by atoms with E-state index in [4.69, 9.17) is 14.4 Å². The van der Waals surface area contributed by atoms with Gasteiger partial charge < -0.3 is 4.42 Å². The van der Waals surface area contributed by atoms with Gasteiger partial charge >= 0.3 is 0 Å². The van der Waals surface area contributed by atoms with E-state index in [1.165, 1.54) is 29.5 Å². The number of hydrogen-bond donors (Lipinski definition) is 0. The average Bonchev–Trinajstić information content (AvgIpc) is 3.32. The zero-order valence-corrected chi connectivity index (χ0v) is 18.1. The van der Waals surface area contributed by atoms with Crippen LogP contribution in [0.1, 0.15) is 18.4 Å². The molecule has 5 nitrogen and oxygen atoms in total. The van der Waals surface area contributed by atoms with Gasteiger partial charge in [0.2, 0.25) is 11.8 Å². The molecule has 0 aliphatic heterocycles. The summed E-state index contributed by atoms with van der Waals surface area (Å²) in [5.74, 6) is 1.76. The van der Waals surface area contributed by atoms with E-state index in [9.17, 15) is 4.39 Å². The molecule has 0 amide bonds. The van der Waals surface area contributed by atoms with Gasteiger partial charge in [0.1, 0.15) is 10.8 Å². The van der Waals surface area contributed by atoms with Crippen molar-refractivity contribution in [2.75, 3.05) is 0 Å². The van der Waals surface area contributed by atoms with Crippen LogP contribution in [0.25, 0.3) is 33.7 Å². The topological polar surface area (TPSA) is 64.7 Å². The highest BCUT2D eigenvalue weighted by Crippen LogP contribution is 2.31. The third kappa shape index (κ3) is 4.24. The van der Waals surface area contributed by atoms with Gasteiger partial charge in [0.15, 0.2) is 5.82 Å². The molecule has 5 rings (SSSR count). The van der Waals surface area contributed by atoms with Crippen LogP contribution >= 0.6 is 11.8 Å². The highest BCUT2D eigenvalue weighted by atomic mass is 32.2. The van der Waals surface area contributed by atoms with E-state index in [1.54, 1.807) is 12.1 Å². The maximum absolute atomic E-state index is 13.4. The molecule has 158 valence electrons. The van der Waals surface area contributed by atoms with Crippen LogP contribution in [0.2, 0.25) is 0 Å². The summed E-state index contributed by atoms with van der Waals surface area (Å²) in [5.41, 5.74) is 3.70. The predicted molar refractivity (Wildman–Crippen MR) is 124 cm³/mol. The Morgan fingerprint density at radius 1 is 0.875 bits per heavy atom. The largest absolute Gasteiger partial charge is 0.420 e. The molecule has 32 heavy (non-hydrogen) atoms. The Kier molecular flexibility index (Phi) is 5.64. The van der Waals surface area contributed by atoms with Crippen molar-refractivity contribution in [3.63, 3.8) is 0 Å². The first kappa shape index (κ1) is 20.3. The van der Waals surface area contributed by atoms with Crippen LogP contribution in [0, 0.1) is 5.82 Å². The van der Waals surface area contributed by atoms with Crippen LogP contribution < -0.4 is 0 Å². The number of fused-ring (bicyclic) bond motifs is 1. The number of thioether (sulfide) groups is 1. The maximum Gasteiger partial charge on any atom is 0.247 e. The Morgan fingerprint density at radius 3 is 2.47 bits per heavy atom. The van der Waals surface area contributed by atoms with Crippen LogP contribution in [0.5, 0.6) is 0 Å². The third-order valence-electron chi connectivity index (χ3n) is 5.06. The van der Waals surface area contributed by atoms with E-state index < -0.39 is 0 Å². The first-order valence-electron chi connectivity index (χ1n) is 10.3. The van der Waals surface area contributed by atoms with E-state index >= 15 is 0 Å². The molecule has 0 radical (unpaired) electrons. The average molecular weight is 443 g/mol. The van der Waals surface area contributed by atoms with Crippen molar-refractivity contribution in [1.82, 2.24) is 20.2 Å². The number of nitrogens with zero attached hydrogens (tertiary/aromatic N) is 4. The Labute approximate surface area is 188 Å². The fourth-order valence-corrected chi connectivity index (χ4v) is 4.19. The molecule has 2 heterocycles. The van der Waals surface area contributed by atoms with Gasteiger partial charge in [-0.1, -0.05) is 43.0 Å². The lowest BCUT2D eigenvalue weighted by molar-refractivity contribution is 0.528. The molecule has 2 aromatic heterocycles. The molecule has 0 N–H and O–H groups in total. The van der Waals surface area contributed by atoms with Crippen LogP contribution in [-0.4, -0.2) is 20.2 Å². The zero-order chi connectivity index (χ0) is 21.9. The molecule has 0 bridgehead atoms. The minimum absolute atomic E-state index is 0.290. The van der Waals surface area contributed by atoms with Gasteiger partial charge in [0, 0.05) is 16.5 Å². The molecule has 7 heteroatoms. The van der Waals surface area contributed by atoms with Crippen molar-refractivity contribution < 1.29 is 8.81 Å². The monoisotopic (exact) mass is 442 g/mol. The summed E-state index contributed by atoms with van der Waals surface area (Å²) in [6, 6.07) is 22.1. The standard InChI is InChI=1S/C25H19FN4OS/c1-2-16-8-13-21-20(14-16)25(28-23(27-21)17-9-11-19(26)12-10-17)32-15-22-29-30-24(31-22)18-6-4-3-5-7-18/h3-14H,2,15H2,1H3. The molecule has 0 saturated heterocycles. The van der Waals surface area contributed by atoms with E-state index in [-0.39, 0.29) is 5.82 Å². The number of rotatable bonds is 6. The van der Waals surface area contributed by atoms with Crippen molar-refractivity contribution in [1.29, 1.82) is 0 Å². The lowest BCUT2D eigenvalue weighted by atomic mass is 10.1. The van der Waals surface area contributed by atoms with E-state index in [0.717, 1.165) is 33.5 Å². The molecule has 0 aliphatic rings. The summed E-state index contributed by atoms with van der Waals surface area (Å²) < 4.78 is 19.2. The SMILES string of the molecule is CCc1ccc2nc(-c3ccc(F)cc3)nc(SCc3nnc(-c4ccccc4)o3)c2c1. The Bertz CT molecular complexity index is 1370. The lowest BCUT2D eigenvalue weighted by Gasteiger charge is -2.09. The van der Waals surface area contributed by atoms with Crippen molar-refractivity contribution >= 4 is 22.7 Å². The number of benzene rings is 3. The van der Waals surface area contributed by atoms with E-state index in [1.807, 2.05) is 36.4 Å². The first-order valence-corrected chi connectivity index (χ1v) is 11.3. The quantitative estimate of drug-likeness (QED) is 0.226. The Hall–Kier alpha value is -3.58. The fraction of sp³-hybridized carbons (Fsp3) is 0.120. The van der Waals surface area contributed by atoms with Gasteiger partial charge in [0.05, 0.1) is 11.3 Å². The molecule has 0 fully saturated rings. The number of aryl methyl sites for hydroxylation is 1. The summed E-state index contributed by atoms with van der Waals surface area (Å²) in [4.78, 5) is 9.51. The molecular formula is C25H19FN4OS. The van der Waals surface area contributed by atoms with Gasteiger partial charge in [-0.2, -0.15) is 0 Å². The molecule has 0 saturated carbocycles. The summed E-state index contributed by atoms with van der Waals surface area (Å²) in [7, 11) is 0. The van der Waals surface area contributed by atoms with Crippen molar-refractivity contribution in [2.45, 2.75) is 24.1 Å². The summed E-state index contributed by atoms with van der Waals surface area (Å²) in [6.07, 6.45) is 0.920. The normalized spacial score (nSPS) is 11.2. The van der Waals surface area contributed by atoms with Crippen molar-refractivity contribution in [3.05, 3.63) is 90.1 Å². The molecule has 0 aliphatic carbocycles. The molecule has 0 atom stereocenters. The maximum atomic E-state index is 13.4. The minimum Gasteiger partial charge on any atom is -0.420 e. The van der Waals surface area contributed by atoms with Crippen molar-refractivity contribution in [2.24, 2.45) is 0 Å². The third-order valence-corrected chi connectivity index (χ3v) is 6.03. The van der Waals surface area contributed by atoms with Crippen LogP contribution in [0.15, 0.2) is 82.2 Å². The second-order valence-corrected chi connectivity index (χ2v) is 8.18. The highest BCUT2D eigenvalue weighted by Gasteiger charge is 2.14. The summed E-state index contributed by atoms with van der Waals surface area (Å²) in [5, 5.41) is 10.2. The predicted octanol–water partition coefficient (Wildman–Crippen LogP) is 6.34. The van der Waals surface area contributed by atoms with Crippen LogP contribution in [0.4, 0.5) is 4.39 Å². The van der Waals surface area contributed by atoms with Gasteiger partial charge in [-0.15, -0.1) is 10.2 Å². The number of hydrogen-bond acceptors (Lipinski definition) is 6. The summed E-state index contributed by atoms with van der Waals surface area (Å²) >= 11 is 1.52. The molecule has 5 aromatic rings. The lowest BCUT2D eigenvalue weighted by Crippen LogP contribution is -1.96.